The van der Waals surface area contributed by atoms with E-state index in [0.29, 0.717) is 0 Å². The van der Waals surface area contributed by atoms with Gasteiger partial charge >= 0.3 is 6.18 Å². The first-order valence-electron chi connectivity index (χ1n) is 5.55. The van der Waals surface area contributed by atoms with E-state index in [1.54, 1.807) is 12.1 Å². The van der Waals surface area contributed by atoms with Crippen LogP contribution >= 0.6 is 12.2 Å². The quantitative estimate of drug-likeness (QED) is 0.587. The van der Waals surface area contributed by atoms with E-state index in [0.717, 1.165) is 6.07 Å². The third kappa shape index (κ3) is 3.99. The van der Waals surface area contributed by atoms with Crippen LogP contribution in [0.3, 0.4) is 0 Å². The maximum Gasteiger partial charge on any atom is 0.433 e. The molecule has 0 radical (unpaired) electrons. The van der Waals surface area contributed by atoms with Crippen LogP contribution in [0.2, 0.25) is 0 Å². The Kier molecular flexibility index (Phi) is 4.17. The summed E-state index contributed by atoms with van der Waals surface area (Å²) >= 11 is 4.54. The molecule has 2 aromatic heterocycles. The van der Waals surface area contributed by atoms with Crippen molar-refractivity contribution in [3.05, 3.63) is 36.2 Å². The average Bonchev–Trinajstić information content (AvgIpc) is 2.45. The number of hydrogen-bond donors (Lipinski definition) is 3. The van der Waals surface area contributed by atoms with Crippen molar-refractivity contribution in [3.63, 3.8) is 0 Å². The number of anilines is 1. The van der Waals surface area contributed by atoms with Gasteiger partial charge in [0.1, 0.15) is 0 Å². The van der Waals surface area contributed by atoms with E-state index in [4.69, 9.17) is 5.73 Å². The van der Waals surface area contributed by atoms with E-state index in [2.05, 4.69) is 38.0 Å². The lowest BCUT2D eigenvalue weighted by Gasteiger charge is -2.11. The van der Waals surface area contributed by atoms with Gasteiger partial charge in [-0.3, -0.25) is 15.8 Å². The lowest BCUT2D eigenvalue weighted by Crippen LogP contribution is -2.35. The Morgan fingerprint density at radius 1 is 1.19 bits per heavy atom. The highest BCUT2D eigenvalue weighted by atomic mass is 32.1. The molecule has 110 valence electrons. The molecule has 6 nitrogen and oxygen atoms in total. The fraction of sp³-hybridized carbons (Fsp3) is 0.0909. The summed E-state index contributed by atoms with van der Waals surface area (Å²) in [5.41, 5.74) is 8.94. The number of rotatable bonds is 3. The van der Waals surface area contributed by atoms with Gasteiger partial charge in [0.05, 0.1) is 11.4 Å². The molecule has 0 atom stereocenters. The fourth-order valence-corrected chi connectivity index (χ4v) is 1.46. The molecule has 10 heteroatoms. The van der Waals surface area contributed by atoms with Gasteiger partial charge in [0.25, 0.3) is 0 Å². The number of nitrogens with zero attached hydrogens (tertiary/aromatic N) is 3. The van der Waals surface area contributed by atoms with E-state index in [1.165, 1.54) is 12.3 Å². The minimum Gasteiger partial charge on any atom is -0.375 e. The third-order valence-electron chi connectivity index (χ3n) is 2.24. The summed E-state index contributed by atoms with van der Waals surface area (Å²) in [5, 5.41) is -0.157. The van der Waals surface area contributed by atoms with E-state index < -0.39 is 11.9 Å². The summed E-state index contributed by atoms with van der Waals surface area (Å²) in [5.74, 6) is -0.321. The highest BCUT2D eigenvalue weighted by molar-refractivity contribution is 7.80. The van der Waals surface area contributed by atoms with Crippen molar-refractivity contribution in [2.24, 2.45) is 5.73 Å². The maximum absolute atomic E-state index is 12.9. The van der Waals surface area contributed by atoms with Crippen molar-refractivity contribution in [3.8, 4) is 11.4 Å². The van der Waals surface area contributed by atoms with Crippen molar-refractivity contribution in [1.29, 1.82) is 0 Å². The molecular formula is C11H9F3N6S. The van der Waals surface area contributed by atoms with Crippen molar-refractivity contribution < 1.29 is 13.2 Å². The molecule has 0 spiro atoms. The molecule has 21 heavy (non-hydrogen) atoms. The lowest BCUT2D eigenvalue weighted by molar-refractivity contribution is -0.141. The molecule has 0 aliphatic rings. The first kappa shape index (κ1) is 14.9. The zero-order chi connectivity index (χ0) is 15.5. The Hall–Kier alpha value is -2.49. The molecule has 0 bridgehead atoms. The van der Waals surface area contributed by atoms with Crippen LogP contribution in [-0.4, -0.2) is 20.1 Å². The molecule has 0 aliphatic heterocycles. The van der Waals surface area contributed by atoms with Crippen LogP contribution in [0, 0.1) is 0 Å². The largest absolute Gasteiger partial charge is 0.433 e. The highest BCUT2D eigenvalue weighted by Crippen LogP contribution is 2.30. The van der Waals surface area contributed by atoms with Crippen molar-refractivity contribution in [1.82, 2.24) is 20.4 Å². The van der Waals surface area contributed by atoms with E-state index in [9.17, 15) is 13.2 Å². The standard InChI is InChI=1S/C11H9F3N6S/c12-11(13,14)8-5-7(6-3-1-2-4-16-6)17-10(18-8)20-19-9(15)21/h1-5H,(H3,15,19,21)(H,17,18,20). The number of hydrazine groups is 1. The monoisotopic (exact) mass is 314 g/mol. The predicted octanol–water partition coefficient (Wildman–Crippen LogP) is 1.72. The predicted molar refractivity (Wildman–Crippen MR) is 73.8 cm³/mol. The van der Waals surface area contributed by atoms with Gasteiger partial charge in [-0.1, -0.05) is 6.07 Å². The van der Waals surface area contributed by atoms with Gasteiger partial charge in [-0.2, -0.15) is 13.2 Å². The molecule has 0 fully saturated rings. The van der Waals surface area contributed by atoms with Crippen LogP contribution < -0.4 is 16.6 Å². The number of nitrogens with two attached hydrogens (primary N) is 1. The van der Waals surface area contributed by atoms with Gasteiger partial charge in [-0.25, -0.2) is 9.97 Å². The van der Waals surface area contributed by atoms with Crippen molar-refractivity contribution >= 4 is 23.3 Å². The normalized spacial score (nSPS) is 11.0. The van der Waals surface area contributed by atoms with Gasteiger partial charge < -0.3 is 5.73 Å². The first-order valence-corrected chi connectivity index (χ1v) is 5.96. The number of thiocarbonyl (C=S) groups is 1. The summed E-state index contributed by atoms with van der Waals surface area (Å²) in [7, 11) is 0. The lowest BCUT2D eigenvalue weighted by atomic mass is 10.2. The Bertz CT molecular complexity index is 646. The molecule has 4 N–H and O–H groups in total. The van der Waals surface area contributed by atoms with Gasteiger partial charge in [0, 0.05) is 6.20 Å². The summed E-state index contributed by atoms with van der Waals surface area (Å²) < 4.78 is 38.6. The molecule has 0 unspecified atom stereocenters. The number of hydrogen-bond acceptors (Lipinski definition) is 5. The van der Waals surface area contributed by atoms with Crippen LogP contribution in [-0.2, 0) is 6.18 Å². The second-order valence-corrected chi connectivity index (χ2v) is 4.23. The van der Waals surface area contributed by atoms with Crippen LogP contribution in [0.25, 0.3) is 11.4 Å². The second kappa shape index (κ2) is 5.87. The van der Waals surface area contributed by atoms with Gasteiger partial charge in [0.15, 0.2) is 10.8 Å². The topological polar surface area (TPSA) is 88.8 Å². The van der Waals surface area contributed by atoms with E-state index >= 15 is 0 Å². The molecule has 0 saturated heterocycles. The first-order chi connectivity index (χ1) is 9.86. The number of aromatic nitrogens is 3. The molecule has 0 amide bonds. The Morgan fingerprint density at radius 2 is 1.95 bits per heavy atom. The summed E-state index contributed by atoms with van der Waals surface area (Å²) in [6.07, 6.45) is -3.17. The smallest absolute Gasteiger partial charge is 0.375 e. The number of alkyl halides is 3. The highest BCUT2D eigenvalue weighted by Gasteiger charge is 2.34. The van der Waals surface area contributed by atoms with E-state index in [-0.39, 0.29) is 22.4 Å². The Labute approximate surface area is 122 Å². The number of halogens is 3. The number of pyridine rings is 1. The molecule has 0 saturated carbocycles. The van der Waals surface area contributed by atoms with E-state index in [1.807, 2.05) is 0 Å². The van der Waals surface area contributed by atoms with Crippen LogP contribution in [0.5, 0.6) is 0 Å². The van der Waals surface area contributed by atoms with Crippen LogP contribution in [0.1, 0.15) is 5.69 Å². The van der Waals surface area contributed by atoms with Crippen molar-refractivity contribution in [2.45, 2.75) is 6.18 Å². The summed E-state index contributed by atoms with van der Waals surface area (Å²) in [6.45, 7) is 0. The molecule has 2 aromatic rings. The van der Waals surface area contributed by atoms with Gasteiger partial charge in [-0.05, 0) is 30.4 Å². The molecular weight excluding hydrogens is 305 g/mol. The summed E-state index contributed by atoms with van der Waals surface area (Å²) in [6, 6.07) is 5.63. The second-order valence-electron chi connectivity index (χ2n) is 3.79. The summed E-state index contributed by atoms with van der Waals surface area (Å²) in [4.78, 5) is 11.2. The molecule has 0 aromatic carbocycles. The van der Waals surface area contributed by atoms with Crippen molar-refractivity contribution in [2.75, 3.05) is 5.43 Å². The fourth-order valence-electron chi connectivity index (χ4n) is 1.41. The average molecular weight is 314 g/mol. The zero-order valence-electron chi connectivity index (χ0n) is 10.3. The molecule has 2 rings (SSSR count). The third-order valence-corrected chi connectivity index (χ3v) is 2.34. The zero-order valence-corrected chi connectivity index (χ0v) is 11.2. The SMILES string of the molecule is NC(=S)NNc1nc(-c2ccccn2)cc(C(F)(F)F)n1. The van der Waals surface area contributed by atoms with Gasteiger partial charge in [0.2, 0.25) is 5.95 Å². The minimum absolute atomic E-state index is 0.0187. The minimum atomic E-state index is -4.62. The van der Waals surface area contributed by atoms with Crippen LogP contribution in [0.4, 0.5) is 19.1 Å². The van der Waals surface area contributed by atoms with Crippen LogP contribution in [0.15, 0.2) is 30.5 Å². The molecule has 0 aliphatic carbocycles. The Balaban J connectivity index is 2.45. The Morgan fingerprint density at radius 3 is 2.52 bits per heavy atom. The number of nitrogens with one attached hydrogen (secondary N) is 2. The van der Waals surface area contributed by atoms with Gasteiger partial charge in [-0.15, -0.1) is 0 Å². The maximum atomic E-state index is 12.9. The molecule has 2 heterocycles.